The quantitative estimate of drug-likeness (QED) is 0.538. The van der Waals surface area contributed by atoms with Gasteiger partial charge in [-0.15, -0.1) is 0 Å². The van der Waals surface area contributed by atoms with Gasteiger partial charge in [-0.3, -0.25) is 0 Å². The average molecular weight is 260 g/mol. The third-order valence-electron chi connectivity index (χ3n) is 1.47. The van der Waals surface area contributed by atoms with E-state index in [0.29, 0.717) is 0 Å². The number of rotatable bonds is 0. The van der Waals surface area contributed by atoms with Gasteiger partial charge < -0.3 is 4.52 Å². The molecule has 0 aliphatic carbocycles. The van der Waals surface area contributed by atoms with Crippen molar-refractivity contribution in [3.63, 3.8) is 0 Å². The minimum atomic E-state index is 0.753. The zero-order valence-corrected chi connectivity index (χ0v) is 7.99. The summed E-state index contributed by atoms with van der Waals surface area (Å²) in [5.41, 5.74) is 2.69. The zero-order valence-electron chi connectivity index (χ0n) is 5.84. The molecule has 0 bridgehead atoms. The maximum atomic E-state index is 4.94. The van der Waals surface area contributed by atoms with E-state index in [2.05, 4.69) is 32.7 Å². The van der Waals surface area contributed by atoms with Crippen molar-refractivity contribution >= 4 is 33.7 Å². The van der Waals surface area contributed by atoms with Crippen molar-refractivity contribution in [1.82, 2.24) is 10.1 Å². The fraction of sp³-hybridized carbons (Fsp3) is 0.143. The van der Waals surface area contributed by atoms with Crippen molar-refractivity contribution in [2.75, 3.05) is 0 Å². The van der Waals surface area contributed by atoms with Crippen LogP contribution in [0.3, 0.4) is 0 Å². The first kappa shape index (κ1) is 7.02. The molecule has 4 heteroatoms. The van der Waals surface area contributed by atoms with Crippen LogP contribution >= 0.6 is 22.6 Å². The van der Waals surface area contributed by atoms with E-state index in [4.69, 9.17) is 4.52 Å². The lowest BCUT2D eigenvalue weighted by Crippen LogP contribution is -1.84. The first-order valence-corrected chi connectivity index (χ1v) is 4.23. The van der Waals surface area contributed by atoms with Crippen LogP contribution in [0.1, 0.15) is 5.56 Å². The number of hydrogen-bond donors (Lipinski definition) is 0. The molecule has 0 saturated carbocycles. The van der Waals surface area contributed by atoms with Crippen molar-refractivity contribution in [3.05, 3.63) is 21.5 Å². The Hall–Kier alpha value is -0.650. The van der Waals surface area contributed by atoms with Gasteiger partial charge in [-0.1, -0.05) is 5.16 Å². The second-order valence-corrected chi connectivity index (χ2v) is 3.33. The smallest absolute Gasteiger partial charge is 0.185 e. The highest BCUT2D eigenvalue weighted by Gasteiger charge is 2.02. The SMILES string of the molecule is Cc1cc2oncc2nc1I. The van der Waals surface area contributed by atoms with E-state index in [9.17, 15) is 0 Å². The summed E-state index contributed by atoms with van der Waals surface area (Å²) in [4.78, 5) is 4.27. The number of pyridine rings is 1. The molecular formula is C7H5IN2O. The van der Waals surface area contributed by atoms with Crippen LogP contribution in [0.25, 0.3) is 11.1 Å². The molecule has 2 rings (SSSR count). The summed E-state index contributed by atoms with van der Waals surface area (Å²) < 4.78 is 5.94. The van der Waals surface area contributed by atoms with E-state index < -0.39 is 0 Å². The van der Waals surface area contributed by atoms with Gasteiger partial charge in [0, 0.05) is 0 Å². The monoisotopic (exact) mass is 260 g/mol. The van der Waals surface area contributed by atoms with E-state index in [-0.39, 0.29) is 0 Å². The Morgan fingerprint density at radius 3 is 3.18 bits per heavy atom. The number of nitrogens with zero attached hydrogens (tertiary/aromatic N) is 2. The third-order valence-corrected chi connectivity index (χ3v) is 2.56. The summed E-state index contributed by atoms with van der Waals surface area (Å²) in [6, 6.07) is 1.94. The summed E-state index contributed by atoms with van der Waals surface area (Å²) in [5.74, 6) is 0. The Bertz CT molecular complexity index is 360. The molecule has 0 atom stereocenters. The standard InChI is InChI=1S/C7H5IN2O/c1-4-2-6-5(3-9-11-6)10-7(4)8/h2-3H,1H3. The van der Waals surface area contributed by atoms with Gasteiger partial charge in [0.15, 0.2) is 5.58 Å². The first-order valence-electron chi connectivity index (χ1n) is 3.15. The molecule has 0 aliphatic heterocycles. The summed E-state index contributed by atoms with van der Waals surface area (Å²) in [6.45, 7) is 2.00. The minimum absolute atomic E-state index is 0.753. The molecule has 2 aromatic rings. The lowest BCUT2D eigenvalue weighted by Gasteiger charge is -1.93. The van der Waals surface area contributed by atoms with Crippen LogP contribution in [0.2, 0.25) is 0 Å². The van der Waals surface area contributed by atoms with Gasteiger partial charge in [0.05, 0.1) is 6.20 Å². The van der Waals surface area contributed by atoms with Gasteiger partial charge >= 0.3 is 0 Å². The first-order chi connectivity index (χ1) is 5.27. The Balaban J connectivity index is 2.86. The molecular weight excluding hydrogens is 255 g/mol. The second-order valence-electron chi connectivity index (χ2n) is 2.31. The molecule has 0 spiro atoms. The van der Waals surface area contributed by atoms with Crippen LogP contribution < -0.4 is 0 Å². The molecule has 2 aromatic heterocycles. The normalized spacial score (nSPS) is 10.7. The molecule has 0 aliphatic rings. The number of aromatic nitrogens is 2. The fourth-order valence-electron chi connectivity index (χ4n) is 0.878. The fourth-order valence-corrected chi connectivity index (χ4v) is 1.29. The summed E-state index contributed by atoms with van der Waals surface area (Å²) >= 11 is 2.19. The van der Waals surface area contributed by atoms with Crippen molar-refractivity contribution in [3.8, 4) is 0 Å². The van der Waals surface area contributed by atoms with Gasteiger partial charge in [-0.25, -0.2) is 4.98 Å². The molecule has 56 valence electrons. The lowest BCUT2D eigenvalue weighted by atomic mass is 10.3. The highest BCUT2D eigenvalue weighted by Crippen LogP contribution is 2.16. The van der Waals surface area contributed by atoms with Crippen molar-refractivity contribution in [2.45, 2.75) is 6.92 Å². The highest BCUT2D eigenvalue weighted by molar-refractivity contribution is 14.1. The van der Waals surface area contributed by atoms with Crippen LogP contribution in [-0.4, -0.2) is 10.1 Å². The number of hydrogen-bond acceptors (Lipinski definition) is 3. The van der Waals surface area contributed by atoms with Crippen molar-refractivity contribution in [2.24, 2.45) is 0 Å². The molecule has 0 aromatic carbocycles. The van der Waals surface area contributed by atoms with Gasteiger partial charge in [-0.05, 0) is 41.1 Å². The van der Waals surface area contributed by atoms with Gasteiger partial charge in [0.2, 0.25) is 0 Å². The number of halogens is 1. The molecule has 0 unspecified atom stereocenters. The largest absolute Gasteiger partial charge is 0.355 e. The third kappa shape index (κ3) is 1.11. The Kier molecular flexibility index (Phi) is 1.56. The van der Waals surface area contributed by atoms with Gasteiger partial charge in [0.1, 0.15) is 9.22 Å². The highest BCUT2D eigenvalue weighted by atomic mass is 127. The topological polar surface area (TPSA) is 38.9 Å². The van der Waals surface area contributed by atoms with Crippen LogP contribution in [-0.2, 0) is 0 Å². The molecule has 0 saturated heterocycles. The van der Waals surface area contributed by atoms with Gasteiger partial charge in [-0.2, -0.15) is 0 Å². The van der Waals surface area contributed by atoms with E-state index in [1.165, 1.54) is 0 Å². The Morgan fingerprint density at radius 2 is 2.36 bits per heavy atom. The summed E-state index contributed by atoms with van der Waals surface area (Å²) in [7, 11) is 0. The van der Waals surface area contributed by atoms with Crippen molar-refractivity contribution in [1.29, 1.82) is 0 Å². The molecule has 11 heavy (non-hydrogen) atoms. The molecule has 0 fully saturated rings. The molecule has 3 nitrogen and oxygen atoms in total. The van der Waals surface area contributed by atoms with E-state index in [1.54, 1.807) is 6.20 Å². The number of fused-ring (bicyclic) bond motifs is 1. The average Bonchev–Trinajstić information content (AvgIpc) is 2.36. The van der Waals surface area contributed by atoms with Crippen LogP contribution in [0.4, 0.5) is 0 Å². The van der Waals surface area contributed by atoms with Crippen LogP contribution in [0.15, 0.2) is 16.8 Å². The Morgan fingerprint density at radius 1 is 1.55 bits per heavy atom. The van der Waals surface area contributed by atoms with Crippen LogP contribution in [0, 0.1) is 10.6 Å². The maximum Gasteiger partial charge on any atom is 0.185 e. The number of aryl methyl sites for hydroxylation is 1. The lowest BCUT2D eigenvalue weighted by molar-refractivity contribution is 0.456. The van der Waals surface area contributed by atoms with Gasteiger partial charge in [0.25, 0.3) is 0 Å². The molecule has 0 amide bonds. The summed E-state index contributed by atoms with van der Waals surface area (Å²) in [6.07, 6.45) is 1.62. The molecule has 2 heterocycles. The minimum Gasteiger partial charge on any atom is -0.355 e. The summed E-state index contributed by atoms with van der Waals surface area (Å²) in [5, 5.41) is 3.64. The van der Waals surface area contributed by atoms with Crippen molar-refractivity contribution < 1.29 is 4.52 Å². The van der Waals surface area contributed by atoms with E-state index >= 15 is 0 Å². The molecule has 0 radical (unpaired) electrons. The maximum absolute atomic E-state index is 4.94. The zero-order chi connectivity index (χ0) is 7.84. The second kappa shape index (κ2) is 2.44. The predicted molar refractivity (Wildman–Crippen MR) is 49.3 cm³/mol. The van der Waals surface area contributed by atoms with E-state index in [1.807, 2.05) is 13.0 Å². The molecule has 0 N–H and O–H groups in total. The Labute approximate surface area is 76.9 Å². The van der Waals surface area contributed by atoms with E-state index in [0.717, 1.165) is 20.4 Å². The predicted octanol–water partition coefficient (Wildman–Crippen LogP) is 2.14. The van der Waals surface area contributed by atoms with Crippen LogP contribution in [0.5, 0.6) is 0 Å².